The van der Waals surface area contributed by atoms with Crippen LogP contribution in [0.3, 0.4) is 0 Å². The van der Waals surface area contributed by atoms with Crippen molar-refractivity contribution in [3.63, 3.8) is 0 Å². The molecule has 2 aromatic rings. The summed E-state index contributed by atoms with van der Waals surface area (Å²) in [6, 6.07) is 10.4. The third-order valence-electron chi connectivity index (χ3n) is 3.01. The number of carbonyl (C=O) groups is 2. The number of carbonyl (C=O) groups excluding carboxylic acids is 2. The molecule has 7 heteroatoms. The number of hydrogen-bond donors (Lipinski definition) is 1. The minimum Gasteiger partial charge on any atom is -0.482 e. The number of hydrogen-bond acceptors (Lipinski definition) is 6. The van der Waals surface area contributed by atoms with Crippen LogP contribution in [0.25, 0.3) is 0 Å². The van der Waals surface area contributed by atoms with Crippen LogP contribution in [0.4, 0.5) is 5.00 Å². The van der Waals surface area contributed by atoms with E-state index in [0.717, 1.165) is 16.9 Å². The van der Waals surface area contributed by atoms with Crippen LogP contribution in [0.15, 0.2) is 30.3 Å². The molecule has 1 aromatic carbocycles. The third-order valence-corrected chi connectivity index (χ3v) is 4.14. The van der Waals surface area contributed by atoms with Crippen LogP contribution >= 0.6 is 11.3 Å². The molecule has 0 radical (unpaired) electrons. The van der Waals surface area contributed by atoms with Crippen LogP contribution in [-0.2, 0) is 9.53 Å². The summed E-state index contributed by atoms with van der Waals surface area (Å²) in [6.45, 7) is 3.58. The molecule has 1 heterocycles. The fourth-order valence-corrected chi connectivity index (χ4v) is 2.93. The molecule has 1 aromatic heterocycles. The maximum Gasteiger partial charge on any atom is 0.348 e. The van der Waals surface area contributed by atoms with Gasteiger partial charge in [0.15, 0.2) is 6.61 Å². The second kappa shape index (κ2) is 8.13. The summed E-state index contributed by atoms with van der Waals surface area (Å²) in [4.78, 5) is 24.2. The molecule has 2 rings (SSSR count). The van der Waals surface area contributed by atoms with E-state index in [1.54, 1.807) is 44.2 Å². The highest BCUT2D eigenvalue weighted by Crippen LogP contribution is 2.27. The van der Waals surface area contributed by atoms with Crippen LogP contribution in [-0.4, -0.2) is 25.1 Å². The predicted octanol–water partition coefficient (Wildman–Crippen LogP) is 3.12. The molecule has 0 spiro atoms. The first-order chi connectivity index (χ1) is 11.5. The zero-order chi connectivity index (χ0) is 17.5. The Labute approximate surface area is 143 Å². The number of anilines is 1. The molecular formula is C17H16N2O4S. The molecule has 0 bridgehead atoms. The fourth-order valence-electron chi connectivity index (χ4n) is 1.94. The van der Waals surface area contributed by atoms with Crippen molar-refractivity contribution < 1.29 is 19.1 Å². The van der Waals surface area contributed by atoms with Crippen molar-refractivity contribution in [2.24, 2.45) is 0 Å². The van der Waals surface area contributed by atoms with E-state index in [9.17, 15) is 9.59 Å². The van der Waals surface area contributed by atoms with Crippen molar-refractivity contribution in [2.45, 2.75) is 13.8 Å². The standard InChI is InChI=1S/C17H16N2O4S/c1-3-22-17(21)16-11(2)8-15(24-16)19-14(20)10-23-13-7-5-4-6-12(13)9-18/h4-8H,3,10H2,1-2H3,(H,19,20). The van der Waals surface area contributed by atoms with E-state index in [0.29, 0.717) is 27.8 Å². The molecule has 0 saturated heterocycles. The van der Waals surface area contributed by atoms with Gasteiger partial charge in [0, 0.05) is 0 Å². The average molecular weight is 344 g/mol. The zero-order valence-corrected chi connectivity index (χ0v) is 14.1. The number of aryl methyl sites for hydroxylation is 1. The highest BCUT2D eigenvalue weighted by Gasteiger charge is 2.16. The summed E-state index contributed by atoms with van der Waals surface area (Å²) in [5.74, 6) is -0.427. The highest BCUT2D eigenvalue weighted by atomic mass is 32.1. The van der Waals surface area contributed by atoms with Gasteiger partial charge < -0.3 is 14.8 Å². The smallest absolute Gasteiger partial charge is 0.348 e. The predicted molar refractivity (Wildman–Crippen MR) is 90.3 cm³/mol. The van der Waals surface area contributed by atoms with Gasteiger partial charge in [0.1, 0.15) is 16.7 Å². The minimum absolute atomic E-state index is 0.232. The lowest BCUT2D eigenvalue weighted by molar-refractivity contribution is -0.118. The monoisotopic (exact) mass is 344 g/mol. The summed E-state index contributed by atoms with van der Waals surface area (Å²) >= 11 is 1.15. The summed E-state index contributed by atoms with van der Waals surface area (Å²) in [6.07, 6.45) is 0. The van der Waals surface area contributed by atoms with Gasteiger partial charge in [-0.15, -0.1) is 11.3 Å². The molecular weight excluding hydrogens is 328 g/mol. The van der Waals surface area contributed by atoms with Crippen molar-refractivity contribution in [3.8, 4) is 11.8 Å². The number of nitriles is 1. The largest absolute Gasteiger partial charge is 0.482 e. The van der Waals surface area contributed by atoms with Gasteiger partial charge in [0.2, 0.25) is 0 Å². The molecule has 1 amide bonds. The second-order valence-corrected chi connectivity index (χ2v) is 5.84. The molecule has 0 aliphatic heterocycles. The van der Waals surface area contributed by atoms with Gasteiger partial charge in [-0.2, -0.15) is 5.26 Å². The molecule has 6 nitrogen and oxygen atoms in total. The van der Waals surface area contributed by atoms with Crippen molar-refractivity contribution in [2.75, 3.05) is 18.5 Å². The Kier molecular flexibility index (Phi) is 5.93. The Morgan fingerprint density at radius 2 is 2.08 bits per heavy atom. The van der Waals surface area contributed by atoms with Gasteiger partial charge in [-0.1, -0.05) is 12.1 Å². The minimum atomic E-state index is -0.403. The van der Waals surface area contributed by atoms with Gasteiger partial charge in [-0.25, -0.2) is 4.79 Å². The van der Waals surface area contributed by atoms with Crippen molar-refractivity contribution in [1.82, 2.24) is 0 Å². The first-order valence-electron chi connectivity index (χ1n) is 7.24. The van der Waals surface area contributed by atoms with E-state index in [1.807, 2.05) is 6.07 Å². The number of thiophene rings is 1. The third kappa shape index (κ3) is 4.33. The lowest BCUT2D eigenvalue weighted by Gasteiger charge is -2.07. The van der Waals surface area contributed by atoms with E-state index < -0.39 is 5.97 Å². The van der Waals surface area contributed by atoms with Crippen LogP contribution < -0.4 is 10.1 Å². The van der Waals surface area contributed by atoms with Crippen molar-refractivity contribution in [1.29, 1.82) is 5.26 Å². The van der Waals surface area contributed by atoms with Gasteiger partial charge in [-0.05, 0) is 37.6 Å². The van der Waals surface area contributed by atoms with Gasteiger partial charge in [-0.3, -0.25) is 4.79 Å². The molecule has 0 saturated carbocycles. The summed E-state index contributed by atoms with van der Waals surface area (Å²) in [7, 11) is 0. The normalized spacial score (nSPS) is 9.88. The Morgan fingerprint density at radius 1 is 1.33 bits per heavy atom. The summed E-state index contributed by atoms with van der Waals surface area (Å²) in [5, 5.41) is 12.2. The first kappa shape index (κ1) is 17.5. The van der Waals surface area contributed by atoms with Crippen molar-refractivity contribution in [3.05, 3.63) is 46.3 Å². The van der Waals surface area contributed by atoms with E-state index in [2.05, 4.69) is 5.32 Å². The first-order valence-corrected chi connectivity index (χ1v) is 8.06. The average Bonchev–Trinajstić information content (AvgIpc) is 2.93. The topological polar surface area (TPSA) is 88.4 Å². The quantitative estimate of drug-likeness (QED) is 0.813. The molecule has 0 aliphatic rings. The summed E-state index contributed by atoms with van der Waals surface area (Å²) < 4.78 is 10.3. The van der Waals surface area contributed by atoms with Gasteiger partial charge >= 0.3 is 5.97 Å². The molecule has 0 atom stereocenters. The Balaban J connectivity index is 1.97. The molecule has 0 unspecified atom stereocenters. The number of nitrogens with one attached hydrogen (secondary N) is 1. The van der Waals surface area contributed by atoms with Crippen LogP contribution in [0, 0.1) is 18.3 Å². The number of nitrogens with zero attached hydrogens (tertiary/aromatic N) is 1. The van der Waals surface area contributed by atoms with Gasteiger partial charge in [0.05, 0.1) is 17.2 Å². The fraction of sp³-hybridized carbons (Fsp3) is 0.235. The van der Waals surface area contributed by atoms with Gasteiger partial charge in [0.25, 0.3) is 5.91 Å². The van der Waals surface area contributed by atoms with Crippen molar-refractivity contribution >= 4 is 28.2 Å². The Bertz CT molecular complexity index is 792. The molecule has 124 valence electrons. The molecule has 24 heavy (non-hydrogen) atoms. The summed E-state index contributed by atoms with van der Waals surface area (Å²) in [5.41, 5.74) is 1.10. The zero-order valence-electron chi connectivity index (χ0n) is 13.3. The second-order valence-electron chi connectivity index (χ2n) is 4.79. The SMILES string of the molecule is CCOC(=O)c1sc(NC(=O)COc2ccccc2C#N)cc1C. The van der Waals surface area contributed by atoms with E-state index in [-0.39, 0.29) is 12.5 Å². The molecule has 0 fully saturated rings. The maximum absolute atomic E-state index is 12.0. The Hall–Kier alpha value is -2.85. The maximum atomic E-state index is 12.0. The number of benzene rings is 1. The van der Waals surface area contributed by atoms with Crippen LogP contribution in [0.1, 0.15) is 27.7 Å². The lowest BCUT2D eigenvalue weighted by atomic mass is 10.2. The Morgan fingerprint density at radius 3 is 2.79 bits per heavy atom. The lowest BCUT2D eigenvalue weighted by Crippen LogP contribution is -2.19. The van der Waals surface area contributed by atoms with Crippen LogP contribution in [0.5, 0.6) is 5.75 Å². The van der Waals surface area contributed by atoms with E-state index in [4.69, 9.17) is 14.7 Å². The van der Waals surface area contributed by atoms with Crippen LogP contribution in [0.2, 0.25) is 0 Å². The molecule has 0 aliphatic carbocycles. The van der Waals surface area contributed by atoms with E-state index in [1.165, 1.54) is 0 Å². The number of para-hydroxylation sites is 1. The number of esters is 1. The number of amides is 1. The molecule has 1 N–H and O–H groups in total. The number of ether oxygens (including phenoxy) is 2. The highest BCUT2D eigenvalue weighted by molar-refractivity contribution is 7.18. The van der Waals surface area contributed by atoms with E-state index >= 15 is 0 Å². The number of rotatable bonds is 6.